The van der Waals surface area contributed by atoms with Gasteiger partial charge in [0.2, 0.25) is 17.7 Å². The van der Waals surface area contributed by atoms with Gasteiger partial charge >= 0.3 is 0 Å². The zero-order valence-electron chi connectivity index (χ0n) is 15.1. The third kappa shape index (κ3) is 3.90. The van der Waals surface area contributed by atoms with Crippen molar-refractivity contribution in [2.24, 2.45) is 5.92 Å². The Morgan fingerprint density at radius 1 is 1.24 bits per heavy atom. The van der Waals surface area contributed by atoms with Crippen molar-refractivity contribution in [2.75, 3.05) is 4.90 Å². The molecule has 0 saturated carbocycles. The second kappa shape index (κ2) is 7.09. The summed E-state index contributed by atoms with van der Waals surface area (Å²) < 4.78 is 5.38. The zero-order valence-corrected chi connectivity index (χ0v) is 15.1. The monoisotopic (exact) mass is 340 g/mol. The van der Waals surface area contributed by atoms with Crippen molar-refractivity contribution in [1.29, 1.82) is 0 Å². The minimum absolute atomic E-state index is 0.0355. The van der Waals surface area contributed by atoms with Crippen molar-refractivity contribution in [1.82, 2.24) is 15.2 Å². The number of aromatic amines is 1. The van der Waals surface area contributed by atoms with Gasteiger partial charge in [-0.3, -0.25) is 4.79 Å². The van der Waals surface area contributed by atoms with Gasteiger partial charge in [0.05, 0.1) is 0 Å². The van der Waals surface area contributed by atoms with Crippen LogP contribution in [0.15, 0.2) is 34.9 Å². The molecule has 0 fully saturated rings. The van der Waals surface area contributed by atoms with Crippen LogP contribution in [0.4, 0.5) is 5.69 Å². The number of H-pyrrole nitrogens is 1. The van der Waals surface area contributed by atoms with Gasteiger partial charge in [-0.25, -0.2) is 0 Å². The highest BCUT2D eigenvalue weighted by Gasteiger charge is 2.25. The topological polar surface area (TPSA) is 75.0 Å². The number of nitrogens with zero attached hydrogens (tertiary/aromatic N) is 3. The summed E-state index contributed by atoms with van der Waals surface area (Å²) in [7, 11) is 0. The van der Waals surface area contributed by atoms with Crippen LogP contribution in [-0.2, 0) is 11.2 Å². The van der Waals surface area contributed by atoms with Gasteiger partial charge in [-0.1, -0.05) is 13.8 Å². The van der Waals surface area contributed by atoms with Gasteiger partial charge in [-0.05, 0) is 43.5 Å². The third-order valence-electron chi connectivity index (χ3n) is 4.21. The molecule has 0 saturated heterocycles. The number of carbonyl (C=O) groups is 1. The van der Waals surface area contributed by atoms with E-state index in [0.717, 1.165) is 23.0 Å². The third-order valence-corrected chi connectivity index (χ3v) is 4.21. The molecule has 6 nitrogen and oxygen atoms in total. The number of benzene rings is 1. The van der Waals surface area contributed by atoms with Crippen LogP contribution in [0, 0.1) is 12.8 Å². The van der Waals surface area contributed by atoms with Crippen LogP contribution >= 0.6 is 0 Å². The Labute approximate surface area is 147 Å². The molecule has 3 rings (SSSR count). The smallest absolute Gasteiger partial charge is 0.236 e. The van der Waals surface area contributed by atoms with Crippen LogP contribution in [0.25, 0.3) is 10.9 Å². The molecule has 1 aromatic carbocycles. The summed E-state index contributed by atoms with van der Waals surface area (Å²) >= 11 is 0. The van der Waals surface area contributed by atoms with Crippen LogP contribution in [-0.4, -0.2) is 27.1 Å². The van der Waals surface area contributed by atoms with Gasteiger partial charge in [-0.2, -0.15) is 0 Å². The highest BCUT2D eigenvalue weighted by molar-refractivity contribution is 5.97. The van der Waals surface area contributed by atoms with Crippen molar-refractivity contribution in [2.45, 2.75) is 46.6 Å². The number of anilines is 1. The molecule has 1 atom stereocenters. The molecular formula is C19H24N4O2. The number of rotatable bonds is 6. The maximum atomic E-state index is 13.0. The Bertz CT molecular complexity index is 865. The molecular weight excluding hydrogens is 316 g/mol. The number of hydrogen-bond acceptors (Lipinski definition) is 4. The van der Waals surface area contributed by atoms with Gasteiger partial charge in [0.15, 0.2) is 0 Å². The van der Waals surface area contributed by atoms with Crippen LogP contribution < -0.4 is 4.90 Å². The van der Waals surface area contributed by atoms with Crippen molar-refractivity contribution in [3.63, 3.8) is 0 Å². The lowest BCUT2D eigenvalue weighted by molar-refractivity contribution is -0.118. The second-order valence-electron chi connectivity index (χ2n) is 6.88. The number of carbonyl (C=O) groups excluding carboxylic acids is 1. The van der Waals surface area contributed by atoms with E-state index in [4.69, 9.17) is 4.42 Å². The largest absolute Gasteiger partial charge is 0.425 e. The molecule has 25 heavy (non-hydrogen) atoms. The molecule has 2 aromatic heterocycles. The molecule has 1 amide bonds. The first-order chi connectivity index (χ1) is 11.9. The number of hydrogen-bond donors (Lipinski definition) is 1. The van der Waals surface area contributed by atoms with Crippen LogP contribution in [0.1, 0.15) is 39.0 Å². The van der Waals surface area contributed by atoms with E-state index in [1.807, 2.05) is 35.4 Å². The summed E-state index contributed by atoms with van der Waals surface area (Å²) in [5.41, 5.74) is 1.95. The Morgan fingerprint density at radius 3 is 2.72 bits per heavy atom. The molecule has 0 radical (unpaired) electrons. The van der Waals surface area contributed by atoms with E-state index in [-0.39, 0.29) is 18.4 Å². The Balaban J connectivity index is 1.91. The van der Waals surface area contributed by atoms with Crippen LogP contribution in [0.5, 0.6) is 0 Å². The molecule has 0 bridgehead atoms. The van der Waals surface area contributed by atoms with Gasteiger partial charge in [0.25, 0.3) is 0 Å². The lowest BCUT2D eigenvalue weighted by Gasteiger charge is -2.30. The van der Waals surface area contributed by atoms with E-state index < -0.39 is 0 Å². The predicted molar refractivity (Wildman–Crippen MR) is 97.4 cm³/mol. The fourth-order valence-corrected chi connectivity index (χ4v) is 3.25. The van der Waals surface area contributed by atoms with E-state index in [0.29, 0.717) is 17.7 Å². The maximum Gasteiger partial charge on any atom is 0.236 e. The lowest BCUT2D eigenvalue weighted by Crippen LogP contribution is -2.40. The first kappa shape index (κ1) is 17.2. The van der Waals surface area contributed by atoms with Crippen molar-refractivity contribution in [3.05, 3.63) is 42.2 Å². The molecule has 0 aliphatic heterocycles. The summed E-state index contributed by atoms with van der Waals surface area (Å²) in [6.07, 6.45) is 2.92. The fraction of sp³-hybridized carbons (Fsp3) is 0.421. The molecule has 2 heterocycles. The van der Waals surface area contributed by atoms with Gasteiger partial charge in [0, 0.05) is 35.8 Å². The summed E-state index contributed by atoms with van der Waals surface area (Å²) in [6, 6.07) is 8.11. The van der Waals surface area contributed by atoms with Crippen molar-refractivity contribution >= 4 is 22.5 Å². The maximum absolute atomic E-state index is 13.0. The summed E-state index contributed by atoms with van der Waals surface area (Å²) in [5, 5.41) is 8.85. The van der Waals surface area contributed by atoms with E-state index >= 15 is 0 Å². The predicted octanol–water partition coefficient (Wildman–Crippen LogP) is 3.87. The molecule has 1 N–H and O–H groups in total. The van der Waals surface area contributed by atoms with Gasteiger partial charge in [-0.15, -0.1) is 10.2 Å². The number of fused-ring (bicyclic) bond motifs is 1. The SMILES string of the molecule is Cc1nnc(CC(=O)N(c2ccc3[nH]ccc3c2)[C@H](C)CC(C)C)o1. The van der Waals surface area contributed by atoms with Crippen LogP contribution in [0.3, 0.4) is 0 Å². The normalized spacial score (nSPS) is 12.7. The summed E-state index contributed by atoms with van der Waals surface area (Å²) in [5.74, 6) is 1.28. The second-order valence-corrected chi connectivity index (χ2v) is 6.88. The van der Waals surface area contributed by atoms with Gasteiger partial charge in [0.1, 0.15) is 6.42 Å². The molecule has 0 unspecified atom stereocenters. The molecule has 6 heteroatoms. The number of nitrogens with one attached hydrogen (secondary N) is 1. The van der Waals surface area contributed by atoms with Crippen molar-refractivity contribution in [3.8, 4) is 0 Å². The first-order valence-electron chi connectivity index (χ1n) is 8.62. The average molecular weight is 340 g/mol. The highest BCUT2D eigenvalue weighted by Crippen LogP contribution is 2.26. The Hall–Kier alpha value is -2.63. The van der Waals surface area contributed by atoms with Crippen molar-refractivity contribution < 1.29 is 9.21 Å². The van der Waals surface area contributed by atoms with E-state index in [1.54, 1.807) is 6.92 Å². The van der Waals surface area contributed by atoms with E-state index in [2.05, 4.69) is 36.0 Å². The molecule has 0 aliphatic carbocycles. The Kier molecular flexibility index (Phi) is 4.88. The average Bonchev–Trinajstić information content (AvgIpc) is 3.15. The molecule has 3 aromatic rings. The lowest BCUT2D eigenvalue weighted by atomic mass is 10.0. The molecule has 0 aliphatic rings. The quantitative estimate of drug-likeness (QED) is 0.739. The number of aryl methyl sites for hydroxylation is 1. The zero-order chi connectivity index (χ0) is 18.0. The molecule has 132 valence electrons. The van der Waals surface area contributed by atoms with E-state index in [9.17, 15) is 4.79 Å². The fourth-order valence-electron chi connectivity index (χ4n) is 3.25. The number of amides is 1. The minimum atomic E-state index is -0.0355. The van der Waals surface area contributed by atoms with Gasteiger partial charge < -0.3 is 14.3 Å². The summed E-state index contributed by atoms with van der Waals surface area (Å²) in [6.45, 7) is 8.13. The highest BCUT2D eigenvalue weighted by atomic mass is 16.4. The van der Waals surface area contributed by atoms with Crippen LogP contribution in [0.2, 0.25) is 0 Å². The standard InChI is InChI=1S/C19H24N4O2/c1-12(2)9-13(3)23(19(24)11-18-22-21-14(4)25-18)16-5-6-17-15(10-16)7-8-20-17/h5-8,10,12-13,20H,9,11H2,1-4H3/t13-/m1/s1. The summed E-state index contributed by atoms with van der Waals surface area (Å²) in [4.78, 5) is 18.0. The number of aromatic nitrogens is 3. The first-order valence-corrected chi connectivity index (χ1v) is 8.62. The minimum Gasteiger partial charge on any atom is -0.425 e. The van der Waals surface area contributed by atoms with E-state index in [1.165, 1.54) is 0 Å². The molecule has 0 spiro atoms. The Morgan fingerprint density at radius 2 is 2.04 bits per heavy atom.